The summed E-state index contributed by atoms with van der Waals surface area (Å²) in [6.45, 7) is 9.94. The average Bonchev–Trinajstić information content (AvgIpc) is 2.43. The maximum absolute atomic E-state index is 9.28. The van der Waals surface area contributed by atoms with Crippen molar-refractivity contribution in [2.45, 2.75) is 77.3 Å². The van der Waals surface area contributed by atoms with Crippen LogP contribution in [0.2, 0.25) is 0 Å². The zero-order chi connectivity index (χ0) is 14.1. The molecule has 0 aromatic carbocycles. The highest BCUT2D eigenvalue weighted by Crippen LogP contribution is 2.18. The van der Waals surface area contributed by atoms with Crippen molar-refractivity contribution >= 4 is 0 Å². The van der Waals surface area contributed by atoms with Crippen molar-refractivity contribution in [1.82, 2.24) is 10.2 Å². The summed E-state index contributed by atoms with van der Waals surface area (Å²) in [4.78, 5) is 2.62. The third-order valence-corrected chi connectivity index (χ3v) is 4.32. The summed E-state index contributed by atoms with van der Waals surface area (Å²) in [5, 5.41) is 12.6. The molecule has 3 heteroatoms. The molecule has 0 aliphatic carbocycles. The zero-order valence-electron chi connectivity index (χ0n) is 13.0. The second-order valence-corrected chi connectivity index (χ2v) is 6.21. The van der Waals surface area contributed by atoms with Crippen LogP contribution in [-0.4, -0.2) is 36.1 Å². The minimum Gasteiger partial charge on any atom is -0.301 e. The van der Waals surface area contributed by atoms with E-state index in [0.29, 0.717) is 0 Å². The van der Waals surface area contributed by atoms with E-state index < -0.39 is 0 Å². The van der Waals surface area contributed by atoms with Gasteiger partial charge < -0.3 is 4.90 Å². The molecule has 110 valence electrons. The average molecular weight is 265 g/mol. The van der Waals surface area contributed by atoms with Crippen molar-refractivity contribution in [1.29, 1.82) is 5.26 Å². The largest absolute Gasteiger partial charge is 0.301 e. The van der Waals surface area contributed by atoms with Gasteiger partial charge in [-0.3, -0.25) is 5.32 Å². The maximum Gasteiger partial charge on any atom is 0.103 e. The van der Waals surface area contributed by atoms with E-state index in [1.54, 1.807) is 0 Å². The van der Waals surface area contributed by atoms with Gasteiger partial charge in [-0.05, 0) is 72.0 Å². The molecule has 1 aliphatic heterocycles. The van der Waals surface area contributed by atoms with Crippen LogP contribution in [0.25, 0.3) is 0 Å². The van der Waals surface area contributed by atoms with E-state index >= 15 is 0 Å². The van der Waals surface area contributed by atoms with Gasteiger partial charge >= 0.3 is 0 Å². The number of likely N-dealkylation sites (tertiary alicyclic amines) is 1. The van der Waals surface area contributed by atoms with Gasteiger partial charge in [-0.15, -0.1) is 0 Å². The Hall–Kier alpha value is -0.590. The minimum absolute atomic E-state index is 0.330. The van der Waals surface area contributed by atoms with Crippen molar-refractivity contribution in [3.8, 4) is 6.07 Å². The lowest BCUT2D eigenvalue weighted by Gasteiger charge is -2.33. The van der Waals surface area contributed by atoms with Crippen molar-refractivity contribution < 1.29 is 0 Å². The highest BCUT2D eigenvalue weighted by atomic mass is 15.1. The normalized spacial score (nSPS) is 23.8. The Morgan fingerprint density at radius 3 is 2.79 bits per heavy atom. The number of nitrogens with one attached hydrogen (secondary N) is 1. The maximum atomic E-state index is 9.28. The molecule has 0 radical (unpaired) electrons. The number of unbranched alkanes of at least 4 members (excludes halogenated alkanes) is 1. The Kier molecular flexibility index (Phi) is 7.41. The first kappa shape index (κ1) is 16.5. The topological polar surface area (TPSA) is 39.1 Å². The minimum atomic E-state index is -0.330. The van der Waals surface area contributed by atoms with Crippen LogP contribution in [0.3, 0.4) is 0 Å². The predicted molar refractivity (Wildman–Crippen MR) is 81.0 cm³/mol. The number of nitrogens with zero attached hydrogens (tertiary/aromatic N) is 2. The third kappa shape index (κ3) is 5.93. The van der Waals surface area contributed by atoms with Crippen molar-refractivity contribution in [3.05, 3.63) is 0 Å². The van der Waals surface area contributed by atoms with Crippen molar-refractivity contribution in [3.63, 3.8) is 0 Å². The van der Waals surface area contributed by atoms with Crippen LogP contribution in [0.4, 0.5) is 0 Å². The smallest absolute Gasteiger partial charge is 0.103 e. The van der Waals surface area contributed by atoms with Gasteiger partial charge in [0.1, 0.15) is 5.54 Å². The van der Waals surface area contributed by atoms with Gasteiger partial charge in [-0.25, -0.2) is 0 Å². The van der Waals surface area contributed by atoms with Gasteiger partial charge in [0.05, 0.1) is 6.07 Å². The van der Waals surface area contributed by atoms with Crippen molar-refractivity contribution in [2.24, 2.45) is 0 Å². The molecule has 1 aliphatic rings. The number of rotatable bonds is 8. The molecule has 0 saturated carbocycles. The molecular weight excluding hydrogens is 234 g/mol. The molecule has 1 heterocycles. The Morgan fingerprint density at radius 2 is 2.16 bits per heavy atom. The fraction of sp³-hybridized carbons (Fsp3) is 0.938. The molecule has 0 bridgehead atoms. The Balaban J connectivity index is 2.19. The molecule has 0 aromatic rings. The summed E-state index contributed by atoms with van der Waals surface area (Å²) in [6.07, 6.45) is 8.52. The molecule has 2 unspecified atom stereocenters. The lowest BCUT2D eigenvalue weighted by Crippen LogP contribution is -2.41. The van der Waals surface area contributed by atoms with E-state index in [2.05, 4.69) is 30.1 Å². The molecule has 19 heavy (non-hydrogen) atoms. The summed E-state index contributed by atoms with van der Waals surface area (Å²) in [6, 6.07) is 3.19. The molecular formula is C16H31N3. The zero-order valence-corrected chi connectivity index (χ0v) is 13.0. The third-order valence-electron chi connectivity index (χ3n) is 4.32. The summed E-state index contributed by atoms with van der Waals surface area (Å²) in [7, 11) is 0. The highest BCUT2D eigenvalue weighted by molar-refractivity contribution is 5.03. The van der Waals surface area contributed by atoms with E-state index in [4.69, 9.17) is 0 Å². The van der Waals surface area contributed by atoms with Gasteiger partial charge in [-0.1, -0.05) is 13.3 Å². The molecule has 0 amide bonds. The predicted octanol–water partition coefficient (Wildman–Crippen LogP) is 3.31. The summed E-state index contributed by atoms with van der Waals surface area (Å²) < 4.78 is 0. The van der Waals surface area contributed by atoms with Gasteiger partial charge in [0.25, 0.3) is 0 Å². The van der Waals surface area contributed by atoms with E-state index in [0.717, 1.165) is 31.8 Å². The fourth-order valence-electron chi connectivity index (χ4n) is 2.87. The van der Waals surface area contributed by atoms with Crippen LogP contribution in [0.15, 0.2) is 0 Å². The summed E-state index contributed by atoms with van der Waals surface area (Å²) >= 11 is 0. The second-order valence-electron chi connectivity index (χ2n) is 6.21. The first-order valence-electron chi connectivity index (χ1n) is 8.01. The number of hydrogen-bond donors (Lipinski definition) is 1. The standard InChI is InChI=1S/C16H31N3/c1-4-11-18-16(3,14-17)10-6-8-13-19-12-7-5-9-15(19)2/h15,18H,4-13H2,1-3H3. The van der Waals surface area contributed by atoms with Crippen LogP contribution in [-0.2, 0) is 0 Å². The van der Waals surface area contributed by atoms with Gasteiger partial charge in [0.15, 0.2) is 0 Å². The summed E-state index contributed by atoms with van der Waals surface area (Å²) in [5.74, 6) is 0. The monoisotopic (exact) mass is 265 g/mol. The Bertz CT molecular complexity index is 284. The quantitative estimate of drug-likeness (QED) is 0.684. The molecule has 1 rings (SSSR count). The second kappa shape index (κ2) is 8.55. The van der Waals surface area contributed by atoms with E-state index in [-0.39, 0.29) is 5.54 Å². The van der Waals surface area contributed by atoms with Crippen LogP contribution < -0.4 is 5.32 Å². The molecule has 2 atom stereocenters. The van der Waals surface area contributed by atoms with E-state index in [1.807, 2.05) is 6.92 Å². The molecule has 3 nitrogen and oxygen atoms in total. The highest BCUT2D eigenvalue weighted by Gasteiger charge is 2.22. The SMILES string of the molecule is CCCNC(C)(C#N)CCCCN1CCCCC1C. The van der Waals surface area contributed by atoms with Crippen LogP contribution in [0, 0.1) is 11.3 Å². The number of piperidine rings is 1. The van der Waals surface area contributed by atoms with Crippen LogP contribution in [0.5, 0.6) is 0 Å². The van der Waals surface area contributed by atoms with Crippen LogP contribution >= 0.6 is 0 Å². The molecule has 1 N–H and O–H groups in total. The van der Waals surface area contributed by atoms with Gasteiger partial charge in [-0.2, -0.15) is 5.26 Å². The van der Waals surface area contributed by atoms with Gasteiger partial charge in [0.2, 0.25) is 0 Å². The number of nitriles is 1. The first-order valence-corrected chi connectivity index (χ1v) is 8.01. The van der Waals surface area contributed by atoms with E-state index in [1.165, 1.54) is 38.8 Å². The van der Waals surface area contributed by atoms with Crippen LogP contribution in [0.1, 0.15) is 65.7 Å². The molecule has 1 saturated heterocycles. The van der Waals surface area contributed by atoms with E-state index in [9.17, 15) is 5.26 Å². The molecule has 0 aromatic heterocycles. The fourth-order valence-corrected chi connectivity index (χ4v) is 2.87. The van der Waals surface area contributed by atoms with Gasteiger partial charge in [0, 0.05) is 6.04 Å². The summed E-state index contributed by atoms with van der Waals surface area (Å²) in [5.41, 5.74) is -0.330. The molecule has 1 fully saturated rings. The Labute approximate surface area is 119 Å². The lowest BCUT2D eigenvalue weighted by atomic mass is 9.96. The molecule has 0 spiro atoms. The number of hydrogen-bond acceptors (Lipinski definition) is 3. The van der Waals surface area contributed by atoms with Crippen molar-refractivity contribution in [2.75, 3.05) is 19.6 Å². The lowest BCUT2D eigenvalue weighted by molar-refractivity contribution is 0.156. The first-order chi connectivity index (χ1) is 9.11. The Morgan fingerprint density at radius 1 is 1.37 bits per heavy atom.